The summed E-state index contributed by atoms with van der Waals surface area (Å²) in [6.07, 6.45) is 1.85. The number of rotatable bonds is 3. The van der Waals surface area contributed by atoms with E-state index in [9.17, 15) is 9.59 Å². The number of aryl methyl sites for hydroxylation is 3. The highest BCUT2D eigenvalue weighted by molar-refractivity contribution is 6.30. The van der Waals surface area contributed by atoms with E-state index in [1.54, 1.807) is 18.4 Å². The molecular formula is C20H20ClN5O2. The third-order valence-corrected chi connectivity index (χ3v) is 5.10. The van der Waals surface area contributed by atoms with Crippen LogP contribution < -0.4 is 11.2 Å². The van der Waals surface area contributed by atoms with Gasteiger partial charge in [-0.2, -0.15) is 4.98 Å². The van der Waals surface area contributed by atoms with Crippen molar-refractivity contribution in [1.29, 1.82) is 0 Å². The summed E-state index contributed by atoms with van der Waals surface area (Å²) in [5, 5.41) is 0.610. The van der Waals surface area contributed by atoms with Crippen LogP contribution in [0.4, 0.5) is 0 Å². The lowest BCUT2D eigenvalue weighted by Gasteiger charge is -2.10. The quantitative estimate of drug-likeness (QED) is 0.499. The fourth-order valence-electron chi connectivity index (χ4n) is 3.54. The highest BCUT2D eigenvalue weighted by Gasteiger charge is 2.21. The number of hydrogen-bond acceptors (Lipinski definition) is 3. The van der Waals surface area contributed by atoms with Crippen LogP contribution in [0.5, 0.6) is 0 Å². The Morgan fingerprint density at radius 1 is 1.25 bits per heavy atom. The molecule has 4 aromatic rings. The van der Waals surface area contributed by atoms with Crippen LogP contribution in [0.25, 0.3) is 22.6 Å². The molecule has 3 heterocycles. The first-order valence-electron chi connectivity index (χ1n) is 8.81. The summed E-state index contributed by atoms with van der Waals surface area (Å²) in [5.74, 6) is 0.554. The number of fused-ring (bicyclic) bond motifs is 3. The molecule has 0 unspecified atom stereocenters. The van der Waals surface area contributed by atoms with Crippen LogP contribution in [0.3, 0.4) is 0 Å². The van der Waals surface area contributed by atoms with Crippen molar-refractivity contribution in [3.05, 3.63) is 73.7 Å². The van der Waals surface area contributed by atoms with Gasteiger partial charge < -0.3 is 0 Å². The molecule has 144 valence electrons. The Kier molecular flexibility index (Phi) is 4.08. The molecule has 0 radical (unpaired) electrons. The third kappa shape index (κ3) is 2.54. The minimum absolute atomic E-state index is 0.168. The maximum Gasteiger partial charge on any atom is 0.332 e. The molecule has 0 fully saturated rings. The molecule has 28 heavy (non-hydrogen) atoms. The molecule has 1 aromatic carbocycles. The summed E-state index contributed by atoms with van der Waals surface area (Å²) in [7, 11) is 1.62. The Bertz CT molecular complexity index is 1400. The second-order valence-electron chi connectivity index (χ2n) is 7.18. The smallest absolute Gasteiger partial charge is 0.283 e. The number of halogens is 1. The Morgan fingerprint density at radius 3 is 2.64 bits per heavy atom. The van der Waals surface area contributed by atoms with E-state index in [-0.39, 0.29) is 12.1 Å². The first-order valence-corrected chi connectivity index (χ1v) is 9.19. The van der Waals surface area contributed by atoms with Gasteiger partial charge in [-0.25, -0.2) is 4.79 Å². The molecule has 8 heteroatoms. The standard InChI is InChI=1S/C20H20ClN5O2/c1-11(2)9-25-18(27)16-17(23(5)20(25)28)22-19-24(16)10-13(4)26(19)15-8-14(21)7-6-12(15)3/h6-8,10H,1,9H2,2-5H3. The highest BCUT2D eigenvalue weighted by Crippen LogP contribution is 2.25. The molecule has 0 bridgehead atoms. The van der Waals surface area contributed by atoms with E-state index in [1.165, 1.54) is 9.13 Å². The van der Waals surface area contributed by atoms with Crippen molar-refractivity contribution >= 4 is 28.5 Å². The number of allylic oxidation sites excluding steroid dienone is 1. The Hall–Kier alpha value is -3.06. The molecule has 0 spiro atoms. The zero-order valence-electron chi connectivity index (χ0n) is 16.2. The molecule has 0 saturated heterocycles. The van der Waals surface area contributed by atoms with Crippen LogP contribution in [-0.4, -0.2) is 23.1 Å². The Labute approximate surface area is 165 Å². The number of aromatic nitrogens is 5. The van der Waals surface area contributed by atoms with Crippen molar-refractivity contribution < 1.29 is 0 Å². The predicted octanol–water partition coefficient (Wildman–Crippen LogP) is 2.98. The first kappa shape index (κ1) is 18.3. The maximum absolute atomic E-state index is 13.1. The van der Waals surface area contributed by atoms with E-state index in [0.29, 0.717) is 22.0 Å². The minimum atomic E-state index is -0.413. The van der Waals surface area contributed by atoms with Crippen LogP contribution in [0.2, 0.25) is 5.02 Å². The van der Waals surface area contributed by atoms with Crippen molar-refractivity contribution in [2.75, 3.05) is 0 Å². The SMILES string of the molecule is C=C(C)Cn1c(=O)c2c(nc3n(-c4cc(Cl)ccc4C)c(C)cn23)n(C)c1=O. The Balaban J connectivity index is 2.16. The number of benzene rings is 1. The van der Waals surface area contributed by atoms with Crippen LogP contribution in [0.15, 0.2) is 46.1 Å². The molecule has 0 aliphatic rings. The third-order valence-electron chi connectivity index (χ3n) is 4.87. The summed E-state index contributed by atoms with van der Waals surface area (Å²) in [4.78, 5) is 30.4. The molecular weight excluding hydrogens is 378 g/mol. The zero-order chi connectivity index (χ0) is 20.3. The second-order valence-corrected chi connectivity index (χ2v) is 7.62. The first-order chi connectivity index (χ1) is 13.2. The maximum atomic E-state index is 13.1. The van der Waals surface area contributed by atoms with Crippen molar-refractivity contribution in [3.63, 3.8) is 0 Å². The van der Waals surface area contributed by atoms with Crippen molar-refractivity contribution in [3.8, 4) is 5.69 Å². The molecule has 0 aliphatic heterocycles. The topological polar surface area (TPSA) is 66.2 Å². The van der Waals surface area contributed by atoms with Gasteiger partial charge in [-0.1, -0.05) is 29.8 Å². The fraction of sp³-hybridized carbons (Fsp3) is 0.250. The van der Waals surface area contributed by atoms with Crippen LogP contribution in [0, 0.1) is 13.8 Å². The van der Waals surface area contributed by atoms with Gasteiger partial charge in [-0.15, -0.1) is 0 Å². The molecule has 0 aliphatic carbocycles. The molecule has 0 amide bonds. The van der Waals surface area contributed by atoms with Crippen molar-refractivity contribution in [1.82, 2.24) is 23.1 Å². The molecule has 0 atom stereocenters. The van der Waals surface area contributed by atoms with Crippen LogP contribution in [0.1, 0.15) is 18.2 Å². The van der Waals surface area contributed by atoms with Gasteiger partial charge in [-0.3, -0.25) is 22.9 Å². The van der Waals surface area contributed by atoms with E-state index < -0.39 is 5.69 Å². The largest absolute Gasteiger partial charge is 0.332 e. The summed E-state index contributed by atoms with van der Waals surface area (Å²) in [5.41, 5.74) is 3.43. The average molecular weight is 398 g/mol. The summed E-state index contributed by atoms with van der Waals surface area (Å²) in [6.45, 7) is 9.70. The predicted molar refractivity (Wildman–Crippen MR) is 111 cm³/mol. The fourth-order valence-corrected chi connectivity index (χ4v) is 3.71. The minimum Gasteiger partial charge on any atom is -0.283 e. The highest BCUT2D eigenvalue weighted by atomic mass is 35.5. The molecule has 7 nitrogen and oxygen atoms in total. The lowest BCUT2D eigenvalue weighted by Crippen LogP contribution is -2.39. The van der Waals surface area contributed by atoms with E-state index in [4.69, 9.17) is 11.6 Å². The summed E-state index contributed by atoms with van der Waals surface area (Å²) < 4.78 is 6.27. The zero-order valence-corrected chi connectivity index (χ0v) is 16.9. The normalized spacial score (nSPS) is 11.6. The molecule has 0 saturated carbocycles. The van der Waals surface area contributed by atoms with Crippen LogP contribution in [-0.2, 0) is 13.6 Å². The van der Waals surface area contributed by atoms with Gasteiger partial charge in [-0.05, 0) is 38.5 Å². The van der Waals surface area contributed by atoms with Crippen molar-refractivity contribution in [2.45, 2.75) is 27.3 Å². The van der Waals surface area contributed by atoms with E-state index >= 15 is 0 Å². The molecule has 3 aromatic heterocycles. The van der Waals surface area contributed by atoms with Gasteiger partial charge >= 0.3 is 5.69 Å². The average Bonchev–Trinajstić information content (AvgIpc) is 3.13. The van der Waals surface area contributed by atoms with E-state index in [2.05, 4.69) is 11.6 Å². The van der Waals surface area contributed by atoms with Gasteiger partial charge in [0.2, 0.25) is 5.78 Å². The number of imidazole rings is 2. The monoisotopic (exact) mass is 397 g/mol. The Morgan fingerprint density at radius 2 is 1.96 bits per heavy atom. The molecule has 4 rings (SSSR count). The number of nitrogens with zero attached hydrogens (tertiary/aromatic N) is 5. The molecule has 0 N–H and O–H groups in total. The lowest BCUT2D eigenvalue weighted by molar-refractivity contribution is 0.651. The summed E-state index contributed by atoms with van der Waals surface area (Å²) in [6, 6.07) is 5.63. The van der Waals surface area contributed by atoms with Gasteiger partial charge in [0.1, 0.15) is 0 Å². The van der Waals surface area contributed by atoms with Crippen molar-refractivity contribution in [2.24, 2.45) is 7.05 Å². The summed E-state index contributed by atoms with van der Waals surface area (Å²) >= 11 is 6.21. The number of hydrogen-bond donors (Lipinski definition) is 0. The van der Waals surface area contributed by atoms with Gasteiger partial charge in [0.25, 0.3) is 5.56 Å². The van der Waals surface area contributed by atoms with Gasteiger partial charge in [0.15, 0.2) is 11.2 Å². The van der Waals surface area contributed by atoms with E-state index in [0.717, 1.165) is 22.5 Å². The van der Waals surface area contributed by atoms with Gasteiger partial charge in [0.05, 0.1) is 12.2 Å². The second kappa shape index (κ2) is 6.24. The lowest BCUT2D eigenvalue weighted by atomic mass is 10.2. The van der Waals surface area contributed by atoms with Gasteiger partial charge in [0, 0.05) is 24.0 Å². The van der Waals surface area contributed by atoms with Crippen LogP contribution >= 0.6 is 11.6 Å². The van der Waals surface area contributed by atoms with E-state index in [1.807, 2.05) is 42.8 Å².